The van der Waals surface area contributed by atoms with Crippen LogP contribution in [0.25, 0.3) is 0 Å². The minimum absolute atomic E-state index is 0.193. The standard InChI is InChI=1S/C25H27N3O2/c26-15-19-2-1-3-22-20(5-7-23(19)22)16-28-12-10-27(11-13-28)9-8-18-4-6-24-21(14-18)17-30-25(24)29/h1-4,6,14,20H,5,7-13,16-17H2. The number of carbonyl (C=O) groups excluding carboxylic acids is 1. The van der Waals surface area contributed by atoms with Gasteiger partial charge in [-0.25, -0.2) is 4.79 Å². The van der Waals surface area contributed by atoms with Gasteiger partial charge in [-0.3, -0.25) is 0 Å². The zero-order chi connectivity index (χ0) is 20.5. The van der Waals surface area contributed by atoms with Crippen molar-refractivity contribution in [2.24, 2.45) is 0 Å². The van der Waals surface area contributed by atoms with Gasteiger partial charge in [0.05, 0.1) is 17.2 Å². The molecule has 1 unspecified atom stereocenters. The molecule has 0 saturated carbocycles. The number of hydrogen-bond acceptors (Lipinski definition) is 5. The largest absolute Gasteiger partial charge is 0.457 e. The quantitative estimate of drug-likeness (QED) is 0.721. The minimum atomic E-state index is -0.193. The maximum Gasteiger partial charge on any atom is 0.338 e. The van der Waals surface area contributed by atoms with E-state index in [1.54, 1.807) is 0 Å². The topological polar surface area (TPSA) is 56.6 Å². The van der Waals surface area contributed by atoms with Crippen LogP contribution in [0.1, 0.15) is 50.5 Å². The Kier molecular flexibility index (Phi) is 5.28. The molecule has 5 rings (SSSR count). The predicted octanol–water partition coefficient (Wildman–Crippen LogP) is 3.12. The second kappa shape index (κ2) is 8.22. The van der Waals surface area contributed by atoms with E-state index >= 15 is 0 Å². The molecule has 1 saturated heterocycles. The summed E-state index contributed by atoms with van der Waals surface area (Å²) >= 11 is 0. The second-order valence-electron chi connectivity index (χ2n) is 8.68. The number of rotatable bonds is 5. The van der Waals surface area contributed by atoms with Crippen LogP contribution in [-0.4, -0.2) is 55.0 Å². The van der Waals surface area contributed by atoms with Crippen LogP contribution in [0.2, 0.25) is 0 Å². The number of piperazine rings is 1. The molecule has 1 fully saturated rings. The fourth-order valence-corrected chi connectivity index (χ4v) is 5.17. The maximum atomic E-state index is 11.6. The van der Waals surface area contributed by atoms with Crippen molar-refractivity contribution in [1.82, 2.24) is 9.80 Å². The van der Waals surface area contributed by atoms with Crippen LogP contribution in [0.3, 0.4) is 0 Å². The number of ether oxygens (including phenoxy) is 1. The number of cyclic esters (lactones) is 1. The van der Waals surface area contributed by atoms with E-state index in [4.69, 9.17) is 4.74 Å². The Morgan fingerprint density at radius 1 is 1.10 bits per heavy atom. The second-order valence-corrected chi connectivity index (χ2v) is 8.68. The molecule has 0 radical (unpaired) electrons. The summed E-state index contributed by atoms with van der Waals surface area (Å²) in [5.74, 6) is 0.373. The van der Waals surface area contributed by atoms with E-state index in [-0.39, 0.29) is 5.97 Å². The number of carbonyl (C=O) groups is 1. The first-order valence-corrected chi connectivity index (χ1v) is 11.0. The van der Waals surface area contributed by atoms with Gasteiger partial charge in [0.15, 0.2) is 0 Å². The van der Waals surface area contributed by atoms with E-state index in [1.807, 2.05) is 18.2 Å². The van der Waals surface area contributed by atoms with Crippen LogP contribution in [0, 0.1) is 11.3 Å². The number of nitriles is 1. The molecule has 2 aliphatic heterocycles. The lowest BCUT2D eigenvalue weighted by Gasteiger charge is -2.36. The number of esters is 1. The summed E-state index contributed by atoms with van der Waals surface area (Å²) in [5.41, 5.74) is 6.58. The highest BCUT2D eigenvalue weighted by Gasteiger charge is 2.28. The first-order chi connectivity index (χ1) is 14.7. The van der Waals surface area contributed by atoms with Crippen LogP contribution in [0.4, 0.5) is 0 Å². The lowest BCUT2D eigenvalue weighted by atomic mass is 9.98. The first kappa shape index (κ1) is 19.3. The average molecular weight is 402 g/mol. The summed E-state index contributed by atoms with van der Waals surface area (Å²) in [4.78, 5) is 16.7. The van der Waals surface area contributed by atoms with Gasteiger partial charge >= 0.3 is 5.97 Å². The number of benzene rings is 2. The van der Waals surface area contributed by atoms with E-state index in [9.17, 15) is 10.1 Å². The van der Waals surface area contributed by atoms with Gasteiger partial charge in [0, 0.05) is 44.8 Å². The van der Waals surface area contributed by atoms with Crippen molar-refractivity contribution in [2.75, 3.05) is 39.3 Å². The highest BCUT2D eigenvalue weighted by Crippen LogP contribution is 2.35. The van der Waals surface area contributed by atoms with Crippen LogP contribution in [-0.2, 0) is 24.2 Å². The smallest absolute Gasteiger partial charge is 0.338 e. The van der Waals surface area contributed by atoms with E-state index in [1.165, 1.54) is 23.1 Å². The fourth-order valence-electron chi connectivity index (χ4n) is 5.17. The number of hydrogen-bond donors (Lipinski definition) is 0. The molecule has 5 heteroatoms. The fraction of sp³-hybridized carbons (Fsp3) is 0.440. The van der Waals surface area contributed by atoms with Crippen molar-refractivity contribution >= 4 is 5.97 Å². The van der Waals surface area contributed by atoms with Crippen LogP contribution in [0.15, 0.2) is 36.4 Å². The van der Waals surface area contributed by atoms with E-state index in [0.717, 1.165) is 68.8 Å². The van der Waals surface area contributed by atoms with Crippen molar-refractivity contribution in [3.63, 3.8) is 0 Å². The van der Waals surface area contributed by atoms with Crippen molar-refractivity contribution in [3.05, 3.63) is 69.8 Å². The molecule has 30 heavy (non-hydrogen) atoms. The Hall–Kier alpha value is -2.68. The molecule has 0 bridgehead atoms. The number of fused-ring (bicyclic) bond motifs is 2. The molecule has 3 aliphatic rings. The number of nitrogens with zero attached hydrogens (tertiary/aromatic N) is 3. The zero-order valence-corrected chi connectivity index (χ0v) is 17.3. The summed E-state index contributed by atoms with van der Waals surface area (Å²) in [7, 11) is 0. The Bertz CT molecular complexity index is 1000. The highest BCUT2D eigenvalue weighted by atomic mass is 16.5. The summed E-state index contributed by atoms with van der Waals surface area (Å²) in [6, 6.07) is 14.7. The molecule has 2 heterocycles. The van der Waals surface area contributed by atoms with Crippen LogP contribution < -0.4 is 0 Å². The van der Waals surface area contributed by atoms with Gasteiger partial charge in [-0.05, 0) is 54.0 Å². The molecule has 5 nitrogen and oxygen atoms in total. The van der Waals surface area contributed by atoms with Crippen molar-refractivity contribution in [1.29, 1.82) is 5.26 Å². The molecular weight excluding hydrogens is 374 g/mol. The molecular formula is C25H27N3O2. The molecule has 0 N–H and O–H groups in total. The van der Waals surface area contributed by atoms with Crippen LogP contribution in [0.5, 0.6) is 0 Å². The van der Waals surface area contributed by atoms with Crippen molar-refractivity contribution in [2.45, 2.75) is 31.8 Å². The van der Waals surface area contributed by atoms with Crippen molar-refractivity contribution < 1.29 is 9.53 Å². The molecule has 0 spiro atoms. The summed E-state index contributed by atoms with van der Waals surface area (Å²) < 4.78 is 5.10. The molecule has 2 aromatic rings. The highest BCUT2D eigenvalue weighted by molar-refractivity contribution is 5.93. The van der Waals surface area contributed by atoms with E-state index in [2.05, 4.69) is 34.1 Å². The molecule has 0 aromatic heterocycles. The van der Waals surface area contributed by atoms with Gasteiger partial charge in [-0.2, -0.15) is 5.26 Å². The molecule has 1 aliphatic carbocycles. The van der Waals surface area contributed by atoms with Gasteiger partial charge in [-0.15, -0.1) is 0 Å². The first-order valence-electron chi connectivity index (χ1n) is 11.0. The Morgan fingerprint density at radius 3 is 2.77 bits per heavy atom. The molecule has 2 aromatic carbocycles. The van der Waals surface area contributed by atoms with Gasteiger partial charge in [0.1, 0.15) is 6.61 Å². The molecule has 0 amide bonds. The Labute approximate surface area is 177 Å². The average Bonchev–Trinajstić information content (AvgIpc) is 3.36. The third kappa shape index (κ3) is 3.74. The van der Waals surface area contributed by atoms with Crippen molar-refractivity contribution in [3.8, 4) is 6.07 Å². The predicted molar refractivity (Wildman–Crippen MR) is 114 cm³/mol. The monoisotopic (exact) mass is 401 g/mol. The van der Waals surface area contributed by atoms with Gasteiger partial charge in [0.25, 0.3) is 0 Å². The molecule has 154 valence electrons. The van der Waals surface area contributed by atoms with Gasteiger partial charge < -0.3 is 14.5 Å². The maximum absolute atomic E-state index is 11.6. The third-order valence-corrected chi connectivity index (χ3v) is 6.92. The lowest BCUT2D eigenvalue weighted by molar-refractivity contribution is 0.0535. The Balaban J connectivity index is 1.11. The summed E-state index contributed by atoms with van der Waals surface area (Å²) in [6.07, 6.45) is 3.22. The minimum Gasteiger partial charge on any atom is -0.457 e. The summed E-state index contributed by atoms with van der Waals surface area (Å²) in [6.45, 7) is 7.00. The normalized spacial score (nSPS) is 21.2. The zero-order valence-electron chi connectivity index (χ0n) is 17.3. The Morgan fingerprint density at radius 2 is 1.93 bits per heavy atom. The molecule has 1 atom stereocenters. The van der Waals surface area contributed by atoms with Crippen LogP contribution >= 0.6 is 0 Å². The van der Waals surface area contributed by atoms with Gasteiger partial charge in [0.2, 0.25) is 0 Å². The SMILES string of the molecule is N#Cc1cccc2c1CCC2CN1CCN(CCc2ccc3c(c2)COC3=O)CC1. The lowest BCUT2D eigenvalue weighted by Crippen LogP contribution is -2.47. The third-order valence-electron chi connectivity index (χ3n) is 6.92. The summed E-state index contributed by atoms with van der Waals surface area (Å²) in [5, 5.41) is 9.34. The van der Waals surface area contributed by atoms with E-state index < -0.39 is 0 Å². The van der Waals surface area contributed by atoms with Gasteiger partial charge in [-0.1, -0.05) is 24.3 Å². The van der Waals surface area contributed by atoms with E-state index in [0.29, 0.717) is 12.5 Å².